The molecular formula is C15H15F2NO. The summed E-state index contributed by atoms with van der Waals surface area (Å²) < 4.78 is 32.4. The van der Waals surface area contributed by atoms with Gasteiger partial charge in [-0.3, -0.25) is 0 Å². The standard InChI is InChI=1S/C15H15F2NO/c1-9-3-5-12(16)8-15(9)19-14-6-4-11(10(2)18)7-13(14)17/h3-8,10H,18H2,1-2H3. The van der Waals surface area contributed by atoms with Crippen LogP contribution in [0, 0.1) is 18.6 Å². The van der Waals surface area contributed by atoms with Crippen LogP contribution >= 0.6 is 0 Å². The van der Waals surface area contributed by atoms with Crippen molar-refractivity contribution >= 4 is 0 Å². The second kappa shape index (κ2) is 5.36. The highest BCUT2D eigenvalue weighted by Gasteiger charge is 2.10. The Morgan fingerprint density at radius 3 is 2.42 bits per heavy atom. The Bertz CT molecular complexity index is 597. The van der Waals surface area contributed by atoms with Crippen molar-refractivity contribution in [3.05, 3.63) is 59.2 Å². The molecule has 4 heteroatoms. The summed E-state index contributed by atoms with van der Waals surface area (Å²) in [6.07, 6.45) is 0. The van der Waals surface area contributed by atoms with E-state index in [-0.39, 0.29) is 11.8 Å². The first-order valence-corrected chi connectivity index (χ1v) is 5.96. The van der Waals surface area contributed by atoms with Gasteiger partial charge in [0.25, 0.3) is 0 Å². The van der Waals surface area contributed by atoms with Crippen LogP contribution in [0.1, 0.15) is 24.1 Å². The average Bonchev–Trinajstić information content (AvgIpc) is 2.36. The third-order valence-electron chi connectivity index (χ3n) is 2.85. The molecule has 0 radical (unpaired) electrons. The van der Waals surface area contributed by atoms with E-state index in [0.717, 1.165) is 5.56 Å². The minimum atomic E-state index is -0.515. The Morgan fingerprint density at radius 1 is 1.05 bits per heavy atom. The number of benzene rings is 2. The lowest BCUT2D eigenvalue weighted by Gasteiger charge is -2.11. The van der Waals surface area contributed by atoms with Gasteiger partial charge in [0, 0.05) is 12.1 Å². The van der Waals surface area contributed by atoms with E-state index in [9.17, 15) is 8.78 Å². The van der Waals surface area contributed by atoms with E-state index >= 15 is 0 Å². The maximum absolute atomic E-state index is 13.9. The molecule has 0 aliphatic heterocycles. The lowest BCUT2D eigenvalue weighted by Crippen LogP contribution is -2.05. The number of nitrogens with two attached hydrogens (primary N) is 1. The van der Waals surface area contributed by atoms with Crippen LogP contribution in [0.25, 0.3) is 0 Å². The fraction of sp³-hybridized carbons (Fsp3) is 0.200. The molecule has 1 unspecified atom stereocenters. The van der Waals surface area contributed by atoms with Crippen LogP contribution in [0.4, 0.5) is 8.78 Å². The lowest BCUT2D eigenvalue weighted by atomic mass is 10.1. The van der Waals surface area contributed by atoms with Gasteiger partial charge in [-0.25, -0.2) is 8.78 Å². The van der Waals surface area contributed by atoms with Crippen LogP contribution in [-0.2, 0) is 0 Å². The van der Waals surface area contributed by atoms with Crippen molar-refractivity contribution in [2.75, 3.05) is 0 Å². The molecule has 0 aliphatic carbocycles. The molecular weight excluding hydrogens is 248 g/mol. The molecule has 19 heavy (non-hydrogen) atoms. The molecule has 2 nitrogen and oxygen atoms in total. The molecule has 1 atom stereocenters. The van der Waals surface area contributed by atoms with E-state index in [1.54, 1.807) is 26.0 Å². The predicted octanol–water partition coefficient (Wildman–Crippen LogP) is 4.09. The van der Waals surface area contributed by atoms with Crippen LogP contribution in [0.15, 0.2) is 36.4 Å². The van der Waals surface area contributed by atoms with Gasteiger partial charge in [0.15, 0.2) is 11.6 Å². The molecule has 2 aromatic carbocycles. The Morgan fingerprint density at radius 2 is 1.79 bits per heavy atom. The van der Waals surface area contributed by atoms with Crippen LogP contribution in [0.5, 0.6) is 11.5 Å². The van der Waals surface area contributed by atoms with E-state index in [4.69, 9.17) is 10.5 Å². The number of ether oxygens (including phenoxy) is 1. The molecule has 0 fully saturated rings. The Labute approximate surface area is 110 Å². The maximum atomic E-state index is 13.9. The number of hydrogen-bond donors (Lipinski definition) is 1. The minimum absolute atomic E-state index is 0.0538. The molecule has 0 aliphatic rings. The zero-order valence-corrected chi connectivity index (χ0v) is 10.8. The van der Waals surface area contributed by atoms with E-state index in [1.165, 1.54) is 24.3 Å². The summed E-state index contributed by atoms with van der Waals surface area (Å²) in [6.45, 7) is 3.54. The molecule has 0 bridgehead atoms. The monoisotopic (exact) mass is 263 g/mol. The fourth-order valence-electron chi connectivity index (χ4n) is 1.69. The van der Waals surface area contributed by atoms with Gasteiger partial charge in [0.1, 0.15) is 11.6 Å². The van der Waals surface area contributed by atoms with Gasteiger partial charge in [-0.15, -0.1) is 0 Å². The van der Waals surface area contributed by atoms with E-state index in [0.29, 0.717) is 11.3 Å². The van der Waals surface area contributed by atoms with Crippen LogP contribution < -0.4 is 10.5 Å². The highest BCUT2D eigenvalue weighted by atomic mass is 19.1. The van der Waals surface area contributed by atoms with Crippen LogP contribution in [0.3, 0.4) is 0 Å². The quantitative estimate of drug-likeness (QED) is 0.905. The first-order valence-electron chi connectivity index (χ1n) is 5.96. The molecule has 2 aromatic rings. The van der Waals surface area contributed by atoms with Crippen molar-refractivity contribution in [3.8, 4) is 11.5 Å². The number of hydrogen-bond acceptors (Lipinski definition) is 2. The van der Waals surface area contributed by atoms with E-state index < -0.39 is 11.6 Å². The highest BCUT2D eigenvalue weighted by molar-refractivity contribution is 5.39. The largest absolute Gasteiger partial charge is 0.454 e. The Hall–Kier alpha value is -1.94. The summed E-state index contributed by atoms with van der Waals surface area (Å²) in [6, 6.07) is 8.41. The van der Waals surface area contributed by atoms with Crippen molar-refractivity contribution in [1.29, 1.82) is 0 Å². The molecule has 2 rings (SSSR count). The first-order chi connectivity index (χ1) is 8.97. The summed E-state index contributed by atoms with van der Waals surface area (Å²) in [5, 5.41) is 0. The summed E-state index contributed by atoms with van der Waals surface area (Å²) >= 11 is 0. The van der Waals surface area contributed by atoms with Gasteiger partial charge >= 0.3 is 0 Å². The van der Waals surface area contributed by atoms with Crippen molar-refractivity contribution in [3.63, 3.8) is 0 Å². The van der Waals surface area contributed by atoms with Gasteiger partial charge in [-0.05, 0) is 43.2 Å². The first kappa shape index (κ1) is 13.5. The minimum Gasteiger partial charge on any atom is -0.454 e. The van der Waals surface area contributed by atoms with Gasteiger partial charge in [-0.1, -0.05) is 12.1 Å². The second-order valence-corrected chi connectivity index (χ2v) is 4.49. The van der Waals surface area contributed by atoms with E-state index in [2.05, 4.69) is 0 Å². The summed E-state index contributed by atoms with van der Waals surface area (Å²) in [4.78, 5) is 0. The van der Waals surface area contributed by atoms with Gasteiger partial charge in [0.05, 0.1) is 0 Å². The highest BCUT2D eigenvalue weighted by Crippen LogP contribution is 2.29. The summed E-state index contributed by atoms with van der Waals surface area (Å²) in [7, 11) is 0. The van der Waals surface area contributed by atoms with Crippen molar-refractivity contribution in [2.24, 2.45) is 5.73 Å². The third-order valence-corrected chi connectivity index (χ3v) is 2.85. The topological polar surface area (TPSA) is 35.2 Å². The molecule has 100 valence electrons. The zero-order chi connectivity index (χ0) is 14.0. The molecule has 0 saturated carbocycles. The van der Waals surface area contributed by atoms with Crippen molar-refractivity contribution < 1.29 is 13.5 Å². The Balaban J connectivity index is 2.31. The lowest BCUT2D eigenvalue weighted by molar-refractivity contribution is 0.435. The van der Waals surface area contributed by atoms with Gasteiger partial charge in [0.2, 0.25) is 0 Å². The van der Waals surface area contributed by atoms with Crippen molar-refractivity contribution in [1.82, 2.24) is 0 Å². The number of aryl methyl sites for hydroxylation is 1. The molecule has 0 spiro atoms. The van der Waals surface area contributed by atoms with E-state index in [1.807, 2.05) is 0 Å². The normalized spacial score (nSPS) is 12.3. The second-order valence-electron chi connectivity index (χ2n) is 4.49. The van der Waals surface area contributed by atoms with Crippen LogP contribution in [-0.4, -0.2) is 0 Å². The molecule has 0 saturated heterocycles. The molecule has 2 N–H and O–H groups in total. The summed E-state index contributed by atoms with van der Waals surface area (Å²) in [5.41, 5.74) is 7.09. The molecule has 0 amide bonds. The molecule has 0 heterocycles. The average molecular weight is 263 g/mol. The number of rotatable bonds is 3. The fourth-order valence-corrected chi connectivity index (χ4v) is 1.69. The SMILES string of the molecule is Cc1ccc(F)cc1Oc1ccc(C(C)N)cc1F. The van der Waals surface area contributed by atoms with Crippen LogP contribution in [0.2, 0.25) is 0 Å². The summed E-state index contributed by atoms with van der Waals surface area (Å²) in [5.74, 6) is -0.586. The van der Waals surface area contributed by atoms with Crippen molar-refractivity contribution in [2.45, 2.75) is 19.9 Å². The van der Waals surface area contributed by atoms with Gasteiger partial charge < -0.3 is 10.5 Å². The predicted molar refractivity (Wildman–Crippen MR) is 70.2 cm³/mol. The Kier molecular flexibility index (Phi) is 3.81. The zero-order valence-electron chi connectivity index (χ0n) is 10.8. The molecule has 0 aromatic heterocycles. The smallest absolute Gasteiger partial charge is 0.166 e. The van der Waals surface area contributed by atoms with Gasteiger partial charge in [-0.2, -0.15) is 0 Å². The third kappa shape index (κ3) is 3.09. The maximum Gasteiger partial charge on any atom is 0.166 e. The number of halogens is 2.